The molecule has 1 fully saturated rings. The predicted molar refractivity (Wildman–Crippen MR) is 81.0 cm³/mol. The van der Waals surface area contributed by atoms with E-state index < -0.39 is 0 Å². The van der Waals surface area contributed by atoms with Gasteiger partial charge in [0.25, 0.3) is 0 Å². The summed E-state index contributed by atoms with van der Waals surface area (Å²) in [6, 6.07) is 1.48. The maximum absolute atomic E-state index is 3.78. The lowest BCUT2D eigenvalue weighted by atomic mass is 10.1. The Balaban J connectivity index is 2.43. The van der Waals surface area contributed by atoms with Crippen LogP contribution in [-0.4, -0.2) is 36.6 Å². The molecule has 108 valence electrons. The summed E-state index contributed by atoms with van der Waals surface area (Å²) in [6.07, 6.45) is 8.07. The van der Waals surface area contributed by atoms with E-state index in [1.165, 1.54) is 58.2 Å². The van der Waals surface area contributed by atoms with E-state index in [9.17, 15) is 0 Å². The normalized spacial score (nSPS) is 19.2. The molecule has 2 nitrogen and oxygen atoms in total. The molecule has 18 heavy (non-hydrogen) atoms. The minimum atomic E-state index is 0.737. The largest absolute Gasteiger partial charge is 0.312 e. The fraction of sp³-hybridized carbons (Fsp3) is 1.00. The first-order valence-corrected chi connectivity index (χ1v) is 8.20. The smallest absolute Gasteiger partial charge is 0.0223 e. The van der Waals surface area contributed by atoms with Crippen LogP contribution in [0.15, 0.2) is 0 Å². The second kappa shape index (κ2) is 8.92. The molecule has 0 spiro atoms. The van der Waals surface area contributed by atoms with E-state index in [0.29, 0.717) is 0 Å². The van der Waals surface area contributed by atoms with Crippen molar-refractivity contribution in [2.45, 2.75) is 78.3 Å². The quantitative estimate of drug-likeness (QED) is 0.605. The van der Waals surface area contributed by atoms with Crippen molar-refractivity contribution in [1.82, 2.24) is 10.2 Å². The average Bonchev–Trinajstić information content (AvgIpc) is 3.21. The first-order valence-electron chi connectivity index (χ1n) is 8.20. The lowest BCUT2D eigenvalue weighted by Crippen LogP contribution is -2.46. The highest BCUT2D eigenvalue weighted by Gasteiger charge is 2.32. The molecule has 2 heteroatoms. The first-order chi connectivity index (χ1) is 8.72. The summed E-state index contributed by atoms with van der Waals surface area (Å²) in [5.41, 5.74) is 0. The summed E-state index contributed by atoms with van der Waals surface area (Å²) in [4.78, 5) is 2.72. The number of nitrogens with zero attached hydrogens (tertiary/aromatic N) is 1. The van der Waals surface area contributed by atoms with E-state index in [1.807, 2.05) is 0 Å². The van der Waals surface area contributed by atoms with Crippen molar-refractivity contribution in [3.63, 3.8) is 0 Å². The molecule has 0 heterocycles. The maximum atomic E-state index is 3.78. The Bertz CT molecular complexity index is 201. The second-order valence-electron chi connectivity index (χ2n) is 6.00. The van der Waals surface area contributed by atoms with E-state index in [1.54, 1.807) is 0 Å². The highest BCUT2D eigenvalue weighted by Crippen LogP contribution is 2.33. The monoisotopic (exact) mass is 254 g/mol. The van der Waals surface area contributed by atoms with Crippen LogP contribution >= 0.6 is 0 Å². The van der Waals surface area contributed by atoms with Gasteiger partial charge in [0.15, 0.2) is 0 Å². The molecule has 0 radical (unpaired) electrons. The number of rotatable bonds is 11. The van der Waals surface area contributed by atoms with Crippen molar-refractivity contribution in [1.29, 1.82) is 0 Å². The van der Waals surface area contributed by atoms with Crippen LogP contribution in [0.5, 0.6) is 0 Å². The molecule has 1 aliphatic carbocycles. The molecule has 2 unspecified atom stereocenters. The van der Waals surface area contributed by atoms with Gasteiger partial charge in [0.05, 0.1) is 0 Å². The molecule has 0 bridgehead atoms. The van der Waals surface area contributed by atoms with E-state index in [-0.39, 0.29) is 0 Å². The van der Waals surface area contributed by atoms with Crippen LogP contribution in [0.4, 0.5) is 0 Å². The van der Waals surface area contributed by atoms with Gasteiger partial charge >= 0.3 is 0 Å². The number of hydrogen-bond donors (Lipinski definition) is 1. The third-order valence-corrected chi connectivity index (χ3v) is 4.29. The molecule has 0 aromatic rings. The van der Waals surface area contributed by atoms with Gasteiger partial charge in [-0.3, -0.25) is 4.90 Å². The topological polar surface area (TPSA) is 15.3 Å². The Kier molecular flexibility index (Phi) is 7.92. The highest BCUT2D eigenvalue weighted by molar-refractivity contribution is 4.89. The van der Waals surface area contributed by atoms with Crippen molar-refractivity contribution >= 4 is 0 Å². The summed E-state index contributed by atoms with van der Waals surface area (Å²) in [6.45, 7) is 13.0. The third kappa shape index (κ3) is 5.71. The Morgan fingerprint density at radius 2 is 1.89 bits per heavy atom. The zero-order chi connectivity index (χ0) is 13.4. The Morgan fingerprint density at radius 1 is 1.17 bits per heavy atom. The number of hydrogen-bond acceptors (Lipinski definition) is 2. The van der Waals surface area contributed by atoms with E-state index in [2.05, 4.69) is 37.9 Å². The zero-order valence-corrected chi connectivity index (χ0v) is 13.0. The van der Waals surface area contributed by atoms with Crippen LogP contribution in [0.1, 0.15) is 66.2 Å². The maximum Gasteiger partial charge on any atom is 0.0223 e. The minimum Gasteiger partial charge on any atom is -0.312 e. The van der Waals surface area contributed by atoms with Crippen LogP contribution in [0.25, 0.3) is 0 Å². The molecule has 0 aliphatic heterocycles. The SMILES string of the molecule is CCCCN(CC(NCCC)C1CC1)C(C)CC. The first kappa shape index (κ1) is 16.0. The summed E-state index contributed by atoms with van der Waals surface area (Å²) < 4.78 is 0. The standard InChI is InChI=1S/C16H34N2/c1-5-8-12-18(14(4)7-3)13-16(15-9-10-15)17-11-6-2/h14-17H,5-13H2,1-4H3. The molecule has 0 amide bonds. The van der Waals surface area contributed by atoms with Gasteiger partial charge in [-0.2, -0.15) is 0 Å². The molecule has 1 saturated carbocycles. The van der Waals surface area contributed by atoms with Gasteiger partial charge in [-0.1, -0.05) is 27.2 Å². The molecular formula is C16H34N2. The van der Waals surface area contributed by atoms with Gasteiger partial charge in [-0.25, -0.2) is 0 Å². The average molecular weight is 254 g/mol. The van der Waals surface area contributed by atoms with Crippen molar-refractivity contribution in [3.05, 3.63) is 0 Å². The molecule has 1 aliphatic rings. The van der Waals surface area contributed by atoms with Crippen LogP contribution in [-0.2, 0) is 0 Å². The van der Waals surface area contributed by atoms with Crippen LogP contribution in [0, 0.1) is 5.92 Å². The molecule has 0 aromatic heterocycles. The van der Waals surface area contributed by atoms with E-state index in [0.717, 1.165) is 18.0 Å². The Morgan fingerprint density at radius 3 is 2.39 bits per heavy atom. The van der Waals surface area contributed by atoms with Crippen molar-refractivity contribution < 1.29 is 0 Å². The van der Waals surface area contributed by atoms with E-state index >= 15 is 0 Å². The van der Waals surface area contributed by atoms with Gasteiger partial charge in [0.1, 0.15) is 0 Å². The zero-order valence-electron chi connectivity index (χ0n) is 13.0. The molecular weight excluding hydrogens is 220 g/mol. The van der Waals surface area contributed by atoms with Gasteiger partial charge in [-0.15, -0.1) is 0 Å². The molecule has 1 N–H and O–H groups in total. The van der Waals surface area contributed by atoms with Gasteiger partial charge in [-0.05, 0) is 58.0 Å². The Hall–Kier alpha value is -0.0800. The van der Waals surface area contributed by atoms with Gasteiger partial charge in [0.2, 0.25) is 0 Å². The van der Waals surface area contributed by atoms with Gasteiger partial charge < -0.3 is 5.32 Å². The Labute approximate surface area is 115 Å². The van der Waals surface area contributed by atoms with E-state index in [4.69, 9.17) is 0 Å². The van der Waals surface area contributed by atoms with Crippen molar-refractivity contribution in [3.8, 4) is 0 Å². The number of unbranched alkanes of at least 4 members (excludes halogenated alkanes) is 1. The van der Waals surface area contributed by atoms with Crippen LogP contribution < -0.4 is 5.32 Å². The minimum absolute atomic E-state index is 0.737. The highest BCUT2D eigenvalue weighted by atomic mass is 15.2. The molecule has 0 saturated heterocycles. The third-order valence-electron chi connectivity index (χ3n) is 4.29. The van der Waals surface area contributed by atoms with Crippen molar-refractivity contribution in [2.24, 2.45) is 5.92 Å². The second-order valence-corrected chi connectivity index (χ2v) is 6.00. The van der Waals surface area contributed by atoms with Crippen molar-refractivity contribution in [2.75, 3.05) is 19.6 Å². The lowest BCUT2D eigenvalue weighted by Gasteiger charge is -2.32. The molecule has 2 atom stereocenters. The summed E-state index contributed by atoms with van der Waals surface area (Å²) in [5, 5.41) is 3.78. The summed E-state index contributed by atoms with van der Waals surface area (Å²) in [7, 11) is 0. The predicted octanol–water partition coefficient (Wildman–Crippen LogP) is 3.67. The van der Waals surface area contributed by atoms with Crippen LogP contribution in [0.3, 0.4) is 0 Å². The fourth-order valence-electron chi connectivity index (χ4n) is 2.57. The van der Waals surface area contributed by atoms with Crippen LogP contribution in [0.2, 0.25) is 0 Å². The lowest BCUT2D eigenvalue weighted by molar-refractivity contribution is 0.172. The molecule has 0 aromatic carbocycles. The number of nitrogens with one attached hydrogen (secondary N) is 1. The summed E-state index contributed by atoms with van der Waals surface area (Å²) >= 11 is 0. The summed E-state index contributed by atoms with van der Waals surface area (Å²) in [5.74, 6) is 0.963. The molecule has 1 rings (SSSR count). The van der Waals surface area contributed by atoms with Gasteiger partial charge in [0, 0.05) is 18.6 Å². The fourth-order valence-corrected chi connectivity index (χ4v) is 2.57.